The topological polar surface area (TPSA) is 108 Å². The quantitative estimate of drug-likeness (QED) is 0.609. The van der Waals surface area contributed by atoms with Gasteiger partial charge < -0.3 is 21.1 Å². The van der Waals surface area contributed by atoms with Gasteiger partial charge in [-0.05, 0) is 24.6 Å². The van der Waals surface area contributed by atoms with E-state index in [-0.39, 0.29) is 18.9 Å². The summed E-state index contributed by atoms with van der Waals surface area (Å²) < 4.78 is 0. The Morgan fingerprint density at radius 2 is 1.90 bits per heavy atom. The Balaban J connectivity index is 2.53. The van der Waals surface area contributed by atoms with E-state index in [9.17, 15) is 14.4 Å². The fourth-order valence-electron chi connectivity index (χ4n) is 1.54. The molecule has 0 aliphatic rings. The first-order chi connectivity index (χ1) is 10.0. The molecule has 1 aromatic rings. The van der Waals surface area contributed by atoms with E-state index in [0.717, 1.165) is 6.42 Å². The van der Waals surface area contributed by atoms with Gasteiger partial charge in [-0.2, -0.15) is 0 Å². The minimum Gasteiger partial charge on any atom is -0.481 e. The Kier molecular flexibility index (Phi) is 6.73. The van der Waals surface area contributed by atoms with Crippen LogP contribution in [0.2, 0.25) is 0 Å². The van der Waals surface area contributed by atoms with Crippen molar-refractivity contribution in [2.45, 2.75) is 19.8 Å². The average Bonchev–Trinajstić information content (AvgIpc) is 2.44. The Bertz CT molecular complexity index is 517. The van der Waals surface area contributed by atoms with Crippen LogP contribution in [0.4, 0.5) is 10.5 Å². The second-order valence-electron chi connectivity index (χ2n) is 4.36. The van der Waals surface area contributed by atoms with Crippen molar-refractivity contribution >= 4 is 23.6 Å². The van der Waals surface area contributed by atoms with Crippen LogP contribution < -0.4 is 16.0 Å². The van der Waals surface area contributed by atoms with Gasteiger partial charge in [0.25, 0.3) is 5.91 Å². The molecule has 0 unspecified atom stereocenters. The van der Waals surface area contributed by atoms with Crippen molar-refractivity contribution in [3.8, 4) is 0 Å². The summed E-state index contributed by atoms with van der Waals surface area (Å²) in [4.78, 5) is 33.6. The highest BCUT2D eigenvalue weighted by Gasteiger charge is 2.07. The summed E-state index contributed by atoms with van der Waals surface area (Å²) in [7, 11) is 0. The minimum atomic E-state index is -0.982. The molecule has 0 aromatic heterocycles. The normalized spacial score (nSPS) is 9.76. The standard InChI is InChI=1S/C14H19N3O4/c1-2-7-15-13(20)10-4-3-5-11(9-10)17-14(21)16-8-6-12(18)19/h3-5,9H,2,6-8H2,1H3,(H,15,20)(H,18,19)(H2,16,17,21). The Labute approximate surface area is 122 Å². The van der Waals surface area contributed by atoms with E-state index in [4.69, 9.17) is 5.11 Å². The van der Waals surface area contributed by atoms with Crippen LogP contribution in [0.1, 0.15) is 30.1 Å². The number of aliphatic carboxylic acids is 1. The van der Waals surface area contributed by atoms with E-state index in [1.807, 2.05) is 6.92 Å². The number of carboxylic acids is 1. The molecule has 114 valence electrons. The van der Waals surface area contributed by atoms with Gasteiger partial charge in [0, 0.05) is 24.3 Å². The average molecular weight is 293 g/mol. The van der Waals surface area contributed by atoms with Crippen LogP contribution in [-0.2, 0) is 4.79 Å². The fraction of sp³-hybridized carbons (Fsp3) is 0.357. The van der Waals surface area contributed by atoms with Crippen LogP contribution >= 0.6 is 0 Å². The predicted octanol–water partition coefficient (Wildman–Crippen LogP) is 1.42. The number of hydrogen-bond acceptors (Lipinski definition) is 3. The molecular formula is C14H19N3O4. The van der Waals surface area contributed by atoms with Crippen molar-refractivity contribution in [3.05, 3.63) is 29.8 Å². The van der Waals surface area contributed by atoms with Crippen molar-refractivity contribution < 1.29 is 19.5 Å². The molecule has 0 aliphatic heterocycles. The molecule has 1 rings (SSSR count). The van der Waals surface area contributed by atoms with E-state index in [2.05, 4.69) is 16.0 Å². The maximum atomic E-state index is 11.8. The molecule has 0 atom stereocenters. The number of carboxylic acid groups (broad SMARTS) is 1. The van der Waals surface area contributed by atoms with E-state index in [1.165, 1.54) is 0 Å². The zero-order valence-corrected chi connectivity index (χ0v) is 11.8. The van der Waals surface area contributed by atoms with Gasteiger partial charge in [0.15, 0.2) is 0 Å². The van der Waals surface area contributed by atoms with Gasteiger partial charge in [0.05, 0.1) is 6.42 Å². The van der Waals surface area contributed by atoms with Crippen molar-refractivity contribution in [3.63, 3.8) is 0 Å². The van der Waals surface area contributed by atoms with Crippen LogP contribution in [0, 0.1) is 0 Å². The van der Waals surface area contributed by atoms with Gasteiger partial charge in [-0.1, -0.05) is 13.0 Å². The number of hydrogen-bond donors (Lipinski definition) is 4. The fourth-order valence-corrected chi connectivity index (χ4v) is 1.54. The van der Waals surface area contributed by atoms with E-state index in [0.29, 0.717) is 17.8 Å². The largest absolute Gasteiger partial charge is 0.481 e. The molecule has 0 aliphatic carbocycles. The second-order valence-corrected chi connectivity index (χ2v) is 4.36. The van der Waals surface area contributed by atoms with Crippen LogP contribution in [0.3, 0.4) is 0 Å². The smallest absolute Gasteiger partial charge is 0.319 e. The summed E-state index contributed by atoms with van der Waals surface area (Å²) >= 11 is 0. The molecule has 0 bridgehead atoms. The number of carbonyl (C=O) groups excluding carboxylic acids is 2. The minimum absolute atomic E-state index is 0.0395. The van der Waals surface area contributed by atoms with Gasteiger partial charge in [0.2, 0.25) is 0 Å². The molecule has 0 spiro atoms. The summed E-state index contributed by atoms with van der Waals surface area (Å²) in [6.07, 6.45) is 0.697. The first-order valence-electron chi connectivity index (χ1n) is 6.68. The third-order valence-corrected chi connectivity index (χ3v) is 2.54. The maximum absolute atomic E-state index is 11.8. The van der Waals surface area contributed by atoms with Gasteiger partial charge >= 0.3 is 12.0 Å². The molecule has 0 saturated carbocycles. The number of rotatable bonds is 7. The number of benzene rings is 1. The monoisotopic (exact) mass is 293 g/mol. The highest BCUT2D eigenvalue weighted by molar-refractivity contribution is 5.96. The van der Waals surface area contributed by atoms with Crippen LogP contribution in [0.25, 0.3) is 0 Å². The zero-order valence-electron chi connectivity index (χ0n) is 11.8. The lowest BCUT2D eigenvalue weighted by atomic mass is 10.2. The SMILES string of the molecule is CCCNC(=O)c1cccc(NC(=O)NCCC(=O)O)c1. The lowest BCUT2D eigenvalue weighted by molar-refractivity contribution is -0.136. The molecule has 21 heavy (non-hydrogen) atoms. The summed E-state index contributed by atoms with van der Waals surface area (Å²) in [6, 6.07) is 6.00. The molecule has 1 aromatic carbocycles. The van der Waals surface area contributed by atoms with Crippen molar-refractivity contribution in [2.24, 2.45) is 0 Å². The van der Waals surface area contributed by atoms with Crippen molar-refractivity contribution in [1.29, 1.82) is 0 Å². The lowest BCUT2D eigenvalue weighted by Gasteiger charge is -2.08. The zero-order chi connectivity index (χ0) is 15.7. The van der Waals surface area contributed by atoms with Crippen molar-refractivity contribution in [1.82, 2.24) is 10.6 Å². The number of nitrogens with one attached hydrogen (secondary N) is 3. The van der Waals surface area contributed by atoms with Crippen LogP contribution in [0.5, 0.6) is 0 Å². The summed E-state index contributed by atoms with van der Waals surface area (Å²) in [5.41, 5.74) is 0.916. The number of carbonyl (C=O) groups is 3. The van der Waals surface area contributed by atoms with Crippen LogP contribution in [-0.4, -0.2) is 36.1 Å². The van der Waals surface area contributed by atoms with Gasteiger partial charge in [-0.15, -0.1) is 0 Å². The number of amides is 3. The Morgan fingerprint density at radius 1 is 1.14 bits per heavy atom. The Morgan fingerprint density at radius 3 is 2.57 bits per heavy atom. The summed E-state index contributed by atoms with van der Waals surface area (Å²) in [5.74, 6) is -1.18. The van der Waals surface area contributed by atoms with Crippen molar-refractivity contribution in [2.75, 3.05) is 18.4 Å². The second kappa shape index (κ2) is 8.57. The third-order valence-electron chi connectivity index (χ3n) is 2.54. The molecule has 7 nitrogen and oxygen atoms in total. The third kappa shape index (κ3) is 6.42. The van der Waals surface area contributed by atoms with Gasteiger partial charge in [0.1, 0.15) is 0 Å². The van der Waals surface area contributed by atoms with E-state index in [1.54, 1.807) is 24.3 Å². The summed E-state index contributed by atoms with van der Waals surface area (Å²) in [6.45, 7) is 2.59. The Hall–Kier alpha value is -2.57. The van der Waals surface area contributed by atoms with Gasteiger partial charge in [-0.3, -0.25) is 9.59 Å². The number of anilines is 1. The number of urea groups is 1. The molecule has 3 amide bonds. The first kappa shape index (κ1) is 16.5. The predicted molar refractivity (Wildman–Crippen MR) is 78.3 cm³/mol. The van der Waals surface area contributed by atoms with E-state index >= 15 is 0 Å². The molecule has 0 radical (unpaired) electrons. The highest BCUT2D eigenvalue weighted by atomic mass is 16.4. The molecule has 0 saturated heterocycles. The molecule has 0 fully saturated rings. The summed E-state index contributed by atoms with van der Waals surface area (Å²) in [5, 5.41) is 16.2. The maximum Gasteiger partial charge on any atom is 0.319 e. The highest BCUT2D eigenvalue weighted by Crippen LogP contribution is 2.10. The van der Waals surface area contributed by atoms with E-state index < -0.39 is 12.0 Å². The molecule has 0 heterocycles. The molecular weight excluding hydrogens is 274 g/mol. The molecule has 7 heteroatoms. The first-order valence-corrected chi connectivity index (χ1v) is 6.68. The van der Waals surface area contributed by atoms with Crippen LogP contribution in [0.15, 0.2) is 24.3 Å². The van der Waals surface area contributed by atoms with Gasteiger partial charge in [-0.25, -0.2) is 4.79 Å². The molecule has 4 N–H and O–H groups in total. The lowest BCUT2D eigenvalue weighted by Crippen LogP contribution is -2.30.